The number of piperazine rings is 1. The molecule has 1 aliphatic heterocycles. The van der Waals surface area contributed by atoms with Gasteiger partial charge < -0.3 is 10.2 Å². The fraction of sp³-hybridized carbons (Fsp3) is 0.938. The lowest BCUT2D eigenvalue weighted by atomic mass is 10.1. The topological polar surface area (TPSA) is 32.3 Å². The molecule has 0 radical (unpaired) electrons. The molecule has 0 aromatic carbocycles. The molecule has 112 valence electrons. The van der Waals surface area contributed by atoms with Gasteiger partial charge in [-0.3, -0.25) is 4.79 Å². The van der Waals surface area contributed by atoms with Crippen molar-refractivity contribution in [3.8, 4) is 0 Å². The Labute approximate surface area is 119 Å². The number of unbranched alkanes of at least 4 members (excludes halogenated alkanes) is 6. The molecule has 1 rings (SSSR count). The zero-order chi connectivity index (χ0) is 14.1. The molecule has 2 atom stereocenters. The molecule has 0 aromatic rings. The number of carbonyl (C=O) groups excluding carboxylic acids is 1. The highest BCUT2D eigenvalue weighted by molar-refractivity contribution is 5.77. The van der Waals surface area contributed by atoms with Crippen molar-refractivity contribution < 1.29 is 4.79 Å². The number of nitrogens with zero attached hydrogens (tertiary/aromatic N) is 1. The van der Waals surface area contributed by atoms with E-state index in [0.717, 1.165) is 25.9 Å². The second-order valence-electron chi connectivity index (χ2n) is 6.03. The van der Waals surface area contributed by atoms with E-state index in [4.69, 9.17) is 0 Å². The number of nitrogens with one attached hydrogen (secondary N) is 1. The van der Waals surface area contributed by atoms with E-state index in [2.05, 4.69) is 31.0 Å². The van der Waals surface area contributed by atoms with Gasteiger partial charge in [0.1, 0.15) is 0 Å². The highest BCUT2D eigenvalue weighted by Crippen LogP contribution is 2.14. The number of carbonyl (C=O) groups is 1. The molecule has 3 heteroatoms. The molecular weight excluding hydrogens is 236 g/mol. The van der Waals surface area contributed by atoms with Crippen LogP contribution >= 0.6 is 0 Å². The number of hydrogen-bond donors (Lipinski definition) is 1. The third-order valence-electron chi connectivity index (χ3n) is 4.11. The van der Waals surface area contributed by atoms with Crippen LogP contribution in [0.3, 0.4) is 0 Å². The summed E-state index contributed by atoms with van der Waals surface area (Å²) < 4.78 is 0. The molecule has 19 heavy (non-hydrogen) atoms. The maximum atomic E-state index is 12.3. The van der Waals surface area contributed by atoms with Crippen molar-refractivity contribution in [1.82, 2.24) is 10.2 Å². The lowest BCUT2D eigenvalue weighted by Gasteiger charge is -2.39. The first-order valence-electron chi connectivity index (χ1n) is 8.18. The summed E-state index contributed by atoms with van der Waals surface area (Å²) in [5.74, 6) is 0.357. The molecular formula is C16H32N2O. The Morgan fingerprint density at radius 2 is 1.53 bits per heavy atom. The van der Waals surface area contributed by atoms with Gasteiger partial charge in [0.15, 0.2) is 0 Å². The van der Waals surface area contributed by atoms with Crippen LogP contribution in [-0.4, -0.2) is 36.0 Å². The smallest absolute Gasteiger partial charge is 0.223 e. The predicted octanol–water partition coefficient (Wildman–Crippen LogP) is 3.34. The summed E-state index contributed by atoms with van der Waals surface area (Å²) in [4.78, 5) is 14.3. The zero-order valence-electron chi connectivity index (χ0n) is 13.1. The van der Waals surface area contributed by atoms with Crippen LogP contribution in [0.2, 0.25) is 0 Å². The predicted molar refractivity (Wildman–Crippen MR) is 81.2 cm³/mol. The van der Waals surface area contributed by atoms with E-state index >= 15 is 0 Å². The molecule has 2 unspecified atom stereocenters. The van der Waals surface area contributed by atoms with Crippen LogP contribution in [0.5, 0.6) is 0 Å². The SMILES string of the molecule is CCCCCCCCCC(=O)N1C(C)CNCC1C. The van der Waals surface area contributed by atoms with Crippen molar-refractivity contribution in [2.45, 2.75) is 84.2 Å². The number of amides is 1. The summed E-state index contributed by atoms with van der Waals surface area (Å²) in [6.45, 7) is 8.41. The molecule has 0 aromatic heterocycles. The fourth-order valence-corrected chi connectivity index (χ4v) is 2.99. The molecule has 1 N–H and O–H groups in total. The van der Waals surface area contributed by atoms with Crippen LogP contribution in [0.15, 0.2) is 0 Å². The van der Waals surface area contributed by atoms with Gasteiger partial charge in [-0.1, -0.05) is 45.4 Å². The summed E-state index contributed by atoms with van der Waals surface area (Å²) in [6.07, 6.45) is 9.66. The quantitative estimate of drug-likeness (QED) is 0.685. The summed E-state index contributed by atoms with van der Waals surface area (Å²) in [5.41, 5.74) is 0. The van der Waals surface area contributed by atoms with Gasteiger partial charge >= 0.3 is 0 Å². The van der Waals surface area contributed by atoms with Crippen molar-refractivity contribution in [3.63, 3.8) is 0 Å². The van der Waals surface area contributed by atoms with Gasteiger partial charge in [-0.15, -0.1) is 0 Å². The Morgan fingerprint density at radius 3 is 2.11 bits per heavy atom. The van der Waals surface area contributed by atoms with Gasteiger partial charge in [0, 0.05) is 31.6 Å². The monoisotopic (exact) mass is 268 g/mol. The third-order valence-corrected chi connectivity index (χ3v) is 4.11. The van der Waals surface area contributed by atoms with E-state index in [1.165, 1.54) is 38.5 Å². The van der Waals surface area contributed by atoms with E-state index in [0.29, 0.717) is 18.0 Å². The molecule has 1 amide bonds. The average Bonchev–Trinajstić information content (AvgIpc) is 2.37. The Morgan fingerprint density at radius 1 is 1.00 bits per heavy atom. The standard InChI is InChI=1S/C16H32N2O/c1-4-5-6-7-8-9-10-11-16(19)18-14(2)12-17-13-15(18)3/h14-15,17H,4-13H2,1-3H3. The second kappa shape index (κ2) is 9.35. The van der Waals surface area contributed by atoms with Crippen molar-refractivity contribution in [1.29, 1.82) is 0 Å². The fourth-order valence-electron chi connectivity index (χ4n) is 2.99. The molecule has 0 bridgehead atoms. The molecule has 1 aliphatic rings. The Balaban J connectivity index is 2.12. The minimum Gasteiger partial charge on any atom is -0.335 e. The molecule has 0 aliphatic carbocycles. The average molecular weight is 268 g/mol. The van der Waals surface area contributed by atoms with Crippen LogP contribution in [0.1, 0.15) is 72.1 Å². The summed E-state index contributed by atoms with van der Waals surface area (Å²) in [6, 6.07) is 0.696. The maximum absolute atomic E-state index is 12.3. The molecule has 0 spiro atoms. The largest absolute Gasteiger partial charge is 0.335 e. The zero-order valence-corrected chi connectivity index (χ0v) is 13.1. The Bertz CT molecular complexity index is 245. The Kier molecular flexibility index (Phi) is 8.11. The maximum Gasteiger partial charge on any atom is 0.223 e. The third kappa shape index (κ3) is 5.94. The van der Waals surface area contributed by atoms with E-state index in [1.54, 1.807) is 0 Å². The first kappa shape index (κ1) is 16.5. The van der Waals surface area contributed by atoms with Crippen LogP contribution in [0.4, 0.5) is 0 Å². The van der Waals surface area contributed by atoms with Gasteiger partial charge in [-0.05, 0) is 20.3 Å². The lowest BCUT2D eigenvalue weighted by Crippen LogP contribution is -2.57. The Hall–Kier alpha value is -0.570. The summed E-state index contributed by atoms with van der Waals surface area (Å²) >= 11 is 0. The molecule has 3 nitrogen and oxygen atoms in total. The number of rotatable bonds is 8. The summed E-state index contributed by atoms with van der Waals surface area (Å²) in [7, 11) is 0. The van der Waals surface area contributed by atoms with Crippen molar-refractivity contribution in [2.24, 2.45) is 0 Å². The minimum atomic E-state index is 0.348. The van der Waals surface area contributed by atoms with Crippen molar-refractivity contribution in [2.75, 3.05) is 13.1 Å². The number of hydrogen-bond acceptors (Lipinski definition) is 2. The van der Waals surface area contributed by atoms with Gasteiger partial charge in [0.2, 0.25) is 5.91 Å². The molecule has 1 fully saturated rings. The van der Waals surface area contributed by atoms with E-state index in [9.17, 15) is 4.79 Å². The van der Waals surface area contributed by atoms with Gasteiger partial charge in [-0.2, -0.15) is 0 Å². The van der Waals surface area contributed by atoms with E-state index < -0.39 is 0 Å². The highest BCUT2D eigenvalue weighted by Gasteiger charge is 2.27. The summed E-state index contributed by atoms with van der Waals surface area (Å²) in [5, 5.41) is 3.37. The molecule has 1 saturated heterocycles. The van der Waals surface area contributed by atoms with Crippen molar-refractivity contribution >= 4 is 5.91 Å². The van der Waals surface area contributed by atoms with E-state index in [1.807, 2.05) is 0 Å². The lowest BCUT2D eigenvalue weighted by molar-refractivity contribution is -0.136. The molecule has 0 saturated carbocycles. The van der Waals surface area contributed by atoms with Gasteiger partial charge in [0.05, 0.1) is 0 Å². The van der Waals surface area contributed by atoms with Crippen molar-refractivity contribution in [3.05, 3.63) is 0 Å². The van der Waals surface area contributed by atoms with Gasteiger partial charge in [-0.25, -0.2) is 0 Å². The van der Waals surface area contributed by atoms with Crippen LogP contribution < -0.4 is 5.32 Å². The van der Waals surface area contributed by atoms with Crippen LogP contribution in [0, 0.1) is 0 Å². The highest BCUT2D eigenvalue weighted by atomic mass is 16.2. The van der Waals surface area contributed by atoms with E-state index in [-0.39, 0.29) is 0 Å². The second-order valence-corrected chi connectivity index (χ2v) is 6.03. The molecule has 1 heterocycles. The first-order valence-corrected chi connectivity index (χ1v) is 8.18. The normalized spacial score (nSPS) is 23.6. The minimum absolute atomic E-state index is 0.348. The first-order chi connectivity index (χ1) is 9.16. The van der Waals surface area contributed by atoms with Crippen LogP contribution in [-0.2, 0) is 4.79 Å². The van der Waals surface area contributed by atoms with Crippen LogP contribution in [0.25, 0.3) is 0 Å². The van der Waals surface area contributed by atoms with Gasteiger partial charge in [0.25, 0.3) is 0 Å².